The SMILES string of the molecule is C=C(CNCCCN1CCCC1)C(=O)O. The summed E-state index contributed by atoms with van der Waals surface area (Å²) in [7, 11) is 0. The molecule has 4 heteroatoms. The lowest BCUT2D eigenvalue weighted by molar-refractivity contribution is -0.132. The lowest BCUT2D eigenvalue weighted by Crippen LogP contribution is -2.26. The first-order valence-corrected chi connectivity index (χ1v) is 5.54. The number of nitrogens with one attached hydrogen (secondary N) is 1. The van der Waals surface area contributed by atoms with Gasteiger partial charge in [0, 0.05) is 12.1 Å². The maximum Gasteiger partial charge on any atom is 0.332 e. The molecule has 86 valence electrons. The van der Waals surface area contributed by atoms with Crippen LogP contribution in [0, 0.1) is 0 Å². The number of rotatable bonds is 7. The van der Waals surface area contributed by atoms with Gasteiger partial charge in [0.2, 0.25) is 0 Å². The molecule has 1 heterocycles. The van der Waals surface area contributed by atoms with Crippen molar-refractivity contribution in [2.45, 2.75) is 19.3 Å². The van der Waals surface area contributed by atoms with Gasteiger partial charge < -0.3 is 15.3 Å². The second-order valence-corrected chi connectivity index (χ2v) is 3.99. The number of aliphatic carboxylic acids is 1. The molecule has 1 fully saturated rings. The minimum atomic E-state index is -0.915. The lowest BCUT2D eigenvalue weighted by atomic mass is 10.3. The van der Waals surface area contributed by atoms with Gasteiger partial charge in [-0.3, -0.25) is 0 Å². The highest BCUT2D eigenvalue weighted by molar-refractivity contribution is 5.86. The molecule has 0 saturated carbocycles. The fraction of sp³-hybridized carbons (Fsp3) is 0.727. The Morgan fingerprint density at radius 1 is 1.40 bits per heavy atom. The summed E-state index contributed by atoms with van der Waals surface area (Å²) in [5.74, 6) is -0.915. The molecule has 0 amide bonds. The van der Waals surface area contributed by atoms with Gasteiger partial charge in [-0.2, -0.15) is 0 Å². The van der Waals surface area contributed by atoms with Crippen molar-refractivity contribution in [1.29, 1.82) is 0 Å². The van der Waals surface area contributed by atoms with E-state index in [1.54, 1.807) is 0 Å². The van der Waals surface area contributed by atoms with E-state index in [4.69, 9.17) is 5.11 Å². The van der Waals surface area contributed by atoms with Crippen LogP contribution in [0.25, 0.3) is 0 Å². The third kappa shape index (κ3) is 4.95. The largest absolute Gasteiger partial charge is 0.478 e. The van der Waals surface area contributed by atoms with Gasteiger partial charge in [-0.25, -0.2) is 4.79 Å². The number of carboxylic acids is 1. The minimum Gasteiger partial charge on any atom is -0.478 e. The zero-order valence-electron chi connectivity index (χ0n) is 9.17. The number of likely N-dealkylation sites (tertiary alicyclic amines) is 1. The maximum atomic E-state index is 10.4. The van der Waals surface area contributed by atoms with E-state index in [0.29, 0.717) is 6.54 Å². The molecule has 2 N–H and O–H groups in total. The minimum absolute atomic E-state index is 0.233. The smallest absolute Gasteiger partial charge is 0.332 e. The first-order chi connectivity index (χ1) is 7.20. The summed E-state index contributed by atoms with van der Waals surface area (Å²) in [5.41, 5.74) is 0.233. The van der Waals surface area contributed by atoms with Gasteiger partial charge in [0.05, 0.1) is 0 Å². The van der Waals surface area contributed by atoms with Crippen LogP contribution in [0.1, 0.15) is 19.3 Å². The molecule has 0 aromatic rings. The lowest BCUT2D eigenvalue weighted by Gasteiger charge is -2.14. The summed E-state index contributed by atoms with van der Waals surface area (Å²) in [5, 5.41) is 11.6. The summed E-state index contributed by atoms with van der Waals surface area (Å²) >= 11 is 0. The second-order valence-electron chi connectivity index (χ2n) is 3.99. The van der Waals surface area contributed by atoms with Crippen molar-refractivity contribution in [3.8, 4) is 0 Å². The molecule has 0 radical (unpaired) electrons. The fourth-order valence-electron chi connectivity index (χ4n) is 1.75. The number of nitrogens with zero attached hydrogens (tertiary/aromatic N) is 1. The van der Waals surface area contributed by atoms with Crippen molar-refractivity contribution in [1.82, 2.24) is 10.2 Å². The van der Waals surface area contributed by atoms with E-state index in [0.717, 1.165) is 19.5 Å². The number of hydrogen-bond acceptors (Lipinski definition) is 3. The third-order valence-electron chi connectivity index (χ3n) is 2.67. The van der Waals surface area contributed by atoms with Gasteiger partial charge in [0.1, 0.15) is 0 Å². The Hall–Kier alpha value is -0.870. The Balaban J connectivity index is 1.92. The third-order valence-corrected chi connectivity index (χ3v) is 2.67. The predicted molar refractivity (Wildman–Crippen MR) is 59.9 cm³/mol. The molecule has 1 aliphatic heterocycles. The van der Waals surface area contributed by atoms with Crippen molar-refractivity contribution in [2.75, 3.05) is 32.7 Å². The van der Waals surface area contributed by atoms with Gasteiger partial charge >= 0.3 is 5.97 Å². The molecule has 0 aliphatic carbocycles. The standard InChI is InChI=1S/C11H20N2O2/c1-10(11(14)15)9-12-5-4-8-13-6-2-3-7-13/h12H,1-9H2,(H,14,15). The van der Waals surface area contributed by atoms with Crippen molar-refractivity contribution < 1.29 is 9.90 Å². The highest BCUT2D eigenvalue weighted by atomic mass is 16.4. The maximum absolute atomic E-state index is 10.4. The van der Waals surface area contributed by atoms with Crippen LogP contribution < -0.4 is 5.32 Å². The van der Waals surface area contributed by atoms with Gasteiger partial charge in [-0.15, -0.1) is 0 Å². The van der Waals surface area contributed by atoms with Gasteiger partial charge in [0.25, 0.3) is 0 Å². The Morgan fingerprint density at radius 3 is 2.67 bits per heavy atom. The normalized spacial score (nSPS) is 16.8. The van der Waals surface area contributed by atoms with Gasteiger partial charge in [-0.05, 0) is 45.4 Å². The van der Waals surface area contributed by atoms with Crippen molar-refractivity contribution >= 4 is 5.97 Å². The monoisotopic (exact) mass is 212 g/mol. The zero-order chi connectivity index (χ0) is 11.1. The van der Waals surface area contributed by atoms with E-state index < -0.39 is 5.97 Å². The van der Waals surface area contributed by atoms with Crippen LogP contribution in [-0.4, -0.2) is 48.7 Å². The Labute approximate surface area is 91.0 Å². The van der Waals surface area contributed by atoms with Crippen LogP contribution >= 0.6 is 0 Å². The highest BCUT2D eigenvalue weighted by Crippen LogP contribution is 2.06. The van der Waals surface area contributed by atoms with Crippen molar-refractivity contribution in [3.63, 3.8) is 0 Å². The van der Waals surface area contributed by atoms with Crippen molar-refractivity contribution in [3.05, 3.63) is 12.2 Å². The molecule has 1 rings (SSSR count). The molecule has 0 bridgehead atoms. The van der Waals surface area contributed by atoms with E-state index in [2.05, 4.69) is 16.8 Å². The molecule has 0 atom stereocenters. The van der Waals surface area contributed by atoms with E-state index in [-0.39, 0.29) is 5.57 Å². The molecule has 0 aromatic heterocycles. The summed E-state index contributed by atoms with van der Waals surface area (Å²) in [6, 6.07) is 0. The topological polar surface area (TPSA) is 52.6 Å². The Kier molecular flexibility index (Phi) is 5.36. The average Bonchev–Trinajstić information content (AvgIpc) is 2.69. The average molecular weight is 212 g/mol. The molecule has 0 spiro atoms. The molecular weight excluding hydrogens is 192 g/mol. The first-order valence-electron chi connectivity index (χ1n) is 5.54. The van der Waals surface area contributed by atoms with E-state index in [9.17, 15) is 4.79 Å². The number of carboxylic acid groups (broad SMARTS) is 1. The molecule has 15 heavy (non-hydrogen) atoms. The van der Waals surface area contributed by atoms with Crippen LogP contribution in [0.5, 0.6) is 0 Å². The molecule has 0 unspecified atom stereocenters. The fourth-order valence-corrected chi connectivity index (χ4v) is 1.75. The van der Waals surface area contributed by atoms with E-state index >= 15 is 0 Å². The van der Waals surface area contributed by atoms with Gasteiger partial charge in [0.15, 0.2) is 0 Å². The summed E-state index contributed by atoms with van der Waals surface area (Å²) in [4.78, 5) is 12.9. The summed E-state index contributed by atoms with van der Waals surface area (Å²) < 4.78 is 0. The van der Waals surface area contributed by atoms with Crippen LogP contribution in [0.3, 0.4) is 0 Å². The first kappa shape index (κ1) is 12.2. The number of hydrogen-bond donors (Lipinski definition) is 2. The molecular formula is C11H20N2O2. The van der Waals surface area contributed by atoms with Crippen LogP contribution in [0.15, 0.2) is 12.2 Å². The van der Waals surface area contributed by atoms with E-state index in [1.807, 2.05) is 0 Å². The Morgan fingerprint density at radius 2 is 2.07 bits per heavy atom. The van der Waals surface area contributed by atoms with Crippen LogP contribution in [-0.2, 0) is 4.79 Å². The molecule has 0 aromatic carbocycles. The van der Waals surface area contributed by atoms with Crippen molar-refractivity contribution in [2.24, 2.45) is 0 Å². The van der Waals surface area contributed by atoms with Crippen LogP contribution in [0.2, 0.25) is 0 Å². The molecule has 1 aliphatic rings. The van der Waals surface area contributed by atoms with E-state index in [1.165, 1.54) is 25.9 Å². The second kappa shape index (κ2) is 6.58. The van der Waals surface area contributed by atoms with Crippen LogP contribution in [0.4, 0.5) is 0 Å². The number of carbonyl (C=O) groups is 1. The molecule has 1 saturated heterocycles. The quantitative estimate of drug-likeness (QED) is 0.482. The summed E-state index contributed by atoms with van der Waals surface area (Å²) in [6.45, 7) is 8.27. The highest BCUT2D eigenvalue weighted by Gasteiger charge is 2.10. The Bertz CT molecular complexity index is 223. The molecule has 4 nitrogen and oxygen atoms in total. The zero-order valence-corrected chi connectivity index (χ0v) is 9.17. The summed E-state index contributed by atoms with van der Waals surface area (Å²) in [6.07, 6.45) is 3.72. The predicted octanol–water partition coefficient (Wildman–Crippen LogP) is 0.703. The van der Waals surface area contributed by atoms with Gasteiger partial charge in [-0.1, -0.05) is 6.58 Å².